The first kappa shape index (κ1) is 23.9. The molecule has 0 aliphatic heterocycles. The molecule has 2 amide bonds. The maximum Gasteiger partial charge on any atom is 0.437 e. The van der Waals surface area contributed by atoms with E-state index >= 15 is 0 Å². The van der Waals surface area contributed by atoms with Crippen molar-refractivity contribution >= 4 is 52.4 Å². The van der Waals surface area contributed by atoms with Gasteiger partial charge in [-0.05, 0) is 24.6 Å². The molecule has 0 unspecified atom stereocenters. The summed E-state index contributed by atoms with van der Waals surface area (Å²) >= 11 is 11.6. The van der Waals surface area contributed by atoms with Gasteiger partial charge in [0.15, 0.2) is 5.78 Å². The summed E-state index contributed by atoms with van der Waals surface area (Å²) in [6, 6.07) is 4.44. The maximum absolute atomic E-state index is 12.1. The first-order valence-corrected chi connectivity index (χ1v) is 9.91. The van der Waals surface area contributed by atoms with Gasteiger partial charge in [0.1, 0.15) is 0 Å². The number of rotatable bonds is 11. The molecule has 2 N–H and O–H groups in total. The van der Waals surface area contributed by atoms with E-state index in [0.717, 1.165) is 19.3 Å². The van der Waals surface area contributed by atoms with Gasteiger partial charge in [-0.15, -0.1) is 0 Å². The minimum absolute atomic E-state index is 0.251. The number of nitrogens with zero attached hydrogens (tertiary/aromatic N) is 1. The summed E-state index contributed by atoms with van der Waals surface area (Å²) in [7, 11) is 0. The monoisotopic (exact) mass is 429 g/mol. The van der Waals surface area contributed by atoms with Crippen molar-refractivity contribution in [3.8, 4) is 0 Å². The lowest BCUT2D eigenvalue weighted by Gasteiger charge is -2.07. The van der Waals surface area contributed by atoms with Gasteiger partial charge in [0, 0.05) is 19.2 Å². The van der Waals surface area contributed by atoms with Crippen LogP contribution in [0.1, 0.15) is 52.4 Å². The van der Waals surface area contributed by atoms with E-state index in [1.165, 1.54) is 44.4 Å². The maximum atomic E-state index is 12.1. The Bertz CT molecular complexity index is 723. The third kappa shape index (κ3) is 9.19. The minimum Gasteiger partial charge on any atom is -0.350 e. The van der Waals surface area contributed by atoms with E-state index in [1.807, 2.05) is 0 Å². The van der Waals surface area contributed by atoms with Crippen LogP contribution in [0.2, 0.25) is 10.0 Å². The molecule has 0 atom stereocenters. The van der Waals surface area contributed by atoms with Crippen molar-refractivity contribution in [2.75, 3.05) is 11.9 Å². The molecular weight excluding hydrogens is 405 g/mol. The molecule has 0 spiro atoms. The first-order chi connectivity index (χ1) is 13.3. The normalized spacial score (nSPS) is 11.1. The zero-order valence-electron chi connectivity index (χ0n) is 16.0. The highest BCUT2D eigenvalue weighted by Crippen LogP contribution is 2.25. The highest BCUT2D eigenvalue weighted by Gasteiger charge is 2.18. The Hall–Kier alpha value is -2.12. The number of oxime groups is 1. The van der Waals surface area contributed by atoms with Crippen LogP contribution in [0.4, 0.5) is 10.5 Å². The topological polar surface area (TPSA) is 96.9 Å². The van der Waals surface area contributed by atoms with Gasteiger partial charge in [-0.3, -0.25) is 19.7 Å². The third-order valence-electron chi connectivity index (χ3n) is 3.75. The second-order valence-corrected chi connectivity index (χ2v) is 6.97. The molecule has 0 bridgehead atoms. The number of Topliss-reactive ketones (excluding diaryl/α,β-unsaturated/α-hetero) is 1. The Labute approximate surface area is 174 Å². The molecule has 0 heterocycles. The number of hydrogen-bond donors (Lipinski definition) is 2. The van der Waals surface area contributed by atoms with Gasteiger partial charge < -0.3 is 5.32 Å². The molecule has 0 aliphatic rings. The fourth-order valence-electron chi connectivity index (χ4n) is 2.26. The van der Waals surface area contributed by atoms with Crippen LogP contribution >= 0.6 is 23.2 Å². The van der Waals surface area contributed by atoms with E-state index in [9.17, 15) is 14.4 Å². The van der Waals surface area contributed by atoms with Gasteiger partial charge in [-0.25, -0.2) is 4.79 Å². The average Bonchev–Trinajstić information content (AvgIpc) is 2.64. The molecule has 0 saturated carbocycles. The minimum atomic E-state index is -0.971. The van der Waals surface area contributed by atoms with E-state index in [0.29, 0.717) is 17.3 Å². The van der Waals surface area contributed by atoms with Crippen molar-refractivity contribution in [2.45, 2.75) is 52.4 Å². The van der Waals surface area contributed by atoms with Crippen LogP contribution in [-0.2, 0) is 14.4 Å². The van der Waals surface area contributed by atoms with Crippen LogP contribution in [0, 0.1) is 0 Å². The van der Waals surface area contributed by atoms with Crippen molar-refractivity contribution in [2.24, 2.45) is 5.16 Å². The lowest BCUT2D eigenvalue weighted by atomic mass is 10.1. The van der Waals surface area contributed by atoms with E-state index in [-0.39, 0.29) is 5.02 Å². The van der Waals surface area contributed by atoms with E-state index in [4.69, 9.17) is 23.2 Å². The van der Waals surface area contributed by atoms with Crippen LogP contribution in [0.15, 0.2) is 23.4 Å². The molecule has 0 saturated heterocycles. The Morgan fingerprint density at radius 2 is 1.71 bits per heavy atom. The van der Waals surface area contributed by atoms with Gasteiger partial charge >= 0.3 is 6.09 Å². The van der Waals surface area contributed by atoms with Gasteiger partial charge in [-0.1, -0.05) is 67.4 Å². The second kappa shape index (κ2) is 13.1. The number of carbonyl (C=O) groups excluding carboxylic acids is 3. The van der Waals surface area contributed by atoms with Crippen LogP contribution in [-0.4, -0.2) is 30.0 Å². The van der Waals surface area contributed by atoms with Crippen molar-refractivity contribution < 1.29 is 19.2 Å². The number of nitrogens with one attached hydrogen (secondary N) is 2. The van der Waals surface area contributed by atoms with Crippen molar-refractivity contribution in [1.82, 2.24) is 5.32 Å². The van der Waals surface area contributed by atoms with Gasteiger partial charge in [0.2, 0.25) is 5.71 Å². The lowest BCUT2D eigenvalue weighted by molar-refractivity contribution is -0.117. The third-order valence-corrected chi connectivity index (χ3v) is 4.49. The van der Waals surface area contributed by atoms with Crippen molar-refractivity contribution in [3.63, 3.8) is 0 Å². The Morgan fingerprint density at radius 3 is 2.36 bits per heavy atom. The molecule has 0 radical (unpaired) electrons. The molecule has 7 nitrogen and oxygen atoms in total. The van der Waals surface area contributed by atoms with E-state index < -0.39 is 23.5 Å². The van der Waals surface area contributed by atoms with Crippen LogP contribution in [0.25, 0.3) is 0 Å². The SMILES string of the molecule is CCCCCCCCNC(=O)/C(=N/OC(=O)Nc1ccc(Cl)c(Cl)c1)C(C)=O. The summed E-state index contributed by atoms with van der Waals surface area (Å²) in [5, 5.41) is 8.94. The summed E-state index contributed by atoms with van der Waals surface area (Å²) in [6.45, 7) is 3.74. The van der Waals surface area contributed by atoms with Crippen LogP contribution in [0.3, 0.4) is 0 Å². The van der Waals surface area contributed by atoms with Crippen molar-refractivity contribution in [3.05, 3.63) is 28.2 Å². The van der Waals surface area contributed by atoms with Gasteiger partial charge in [-0.2, -0.15) is 0 Å². The van der Waals surface area contributed by atoms with Crippen LogP contribution < -0.4 is 10.6 Å². The number of halogens is 2. The fraction of sp³-hybridized carbons (Fsp3) is 0.474. The summed E-state index contributed by atoms with van der Waals surface area (Å²) in [5.74, 6) is -1.29. The highest BCUT2D eigenvalue weighted by atomic mass is 35.5. The Balaban J connectivity index is 2.49. The molecule has 1 rings (SSSR count). The molecule has 0 aliphatic carbocycles. The molecule has 0 fully saturated rings. The second-order valence-electron chi connectivity index (χ2n) is 6.15. The number of anilines is 1. The molecule has 154 valence electrons. The molecule has 9 heteroatoms. The van der Waals surface area contributed by atoms with E-state index in [1.54, 1.807) is 0 Å². The molecule has 0 aromatic heterocycles. The highest BCUT2D eigenvalue weighted by molar-refractivity contribution is 6.65. The largest absolute Gasteiger partial charge is 0.437 e. The molecule has 1 aromatic carbocycles. The number of ketones is 1. The predicted molar refractivity (Wildman–Crippen MR) is 111 cm³/mol. The summed E-state index contributed by atoms with van der Waals surface area (Å²) in [4.78, 5) is 40.1. The number of benzene rings is 1. The smallest absolute Gasteiger partial charge is 0.350 e. The fourth-order valence-corrected chi connectivity index (χ4v) is 2.56. The predicted octanol–water partition coefficient (Wildman–Crippen LogP) is 4.96. The zero-order chi connectivity index (χ0) is 20.9. The molecule has 1 aromatic rings. The number of carbonyl (C=O) groups is 3. The van der Waals surface area contributed by atoms with E-state index in [2.05, 4.69) is 27.6 Å². The lowest BCUT2D eigenvalue weighted by Crippen LogP contribution is -2.36. The quantitative estimate of drug-likeness (QED) is 0.170. The Morgan fingerprint density at radius 1 is 1.04 bits per heavy atom. The first-order valence-electron chi connectivity index (χ1n) is 9.15. The average molecular weight is 430 g/mol. The number of amides is 2. The van der Waals surface area contributed by atoms with Gasteiger partial charge in [0.25, 0.3) is 5.91 Å². The summed E-state index contributed by atoms with van der Waals surface area (Å²) < 4.78 is 0. The van der Waals surface area contributed by atoms with Crippen LogP contribution in [0.5, 0.6) is 0 Å². The van der Waals surface area contributed by atoms with Crippen molar-refractivity contribution in [1.29, 1.82) is 0 Å². The Kier molecular flexibility index (Phi) is 11.2. The standard InChI is InChI=1S/C19H25Cl2N3O4/c1-3-4-5-6-7-8-11-22-18(26)17(13(2)25)24-28-19(27)23-14-9-10-15(20)16(21)12-14/h9-10,12H,3-8,11H2,1-2H3,(H,22,26)(H,23,27)/b24-17+. The summed E-state index contributed by atoms with van der Waals surface area (Å²) in [6.07, 6.45) is 5.49. The molecule has 28 heavy (non-hydrogen) atoms. The zero-order valence-corrected chi connectivity index (χ0v) is 17.5. The summed E-state index contributed by atoms with van der Waals surface area (Å²) in [5.41, 5.74) is -0.151. The number of hydrogen-bond acceptors (Lipinski definition) is 5. The van der Waals surface area contributed by atoms with Gasteiger partial charge in [0.05, 0.1) is 10.0 Å². The molecular formula is C19H25Cl2N3O4. The number of unbranched alkanes of at least 4 members (excludes halogenated alkanes) is 5.